The van der Waals surface area contributed by atoms with E-state index in [1.165, 1.54) is 24.3 Å². The minimum absolute atomic E-state index is 0. The van der Waals surface area contributed by atoms with Gasteiger partial charge in [0.1, 0.15) is 5.52 Å². The highest BCUT2D eigenvalue weighted by atomic mass is 32.2. The van der Waals surface area contributed by atoms with E-state index < -0.39 is 15.6 Å². The molecule has 0 saturated heterocycles. The average Bonchev–Trinajstić information content (AvgIpc) is 3.15. The molecule has 25 heavy (non-hydrogen) atoms. The zero-order valence-electron chi connectivity index (χ0n) is 12.5. The summed E-state index contributed by atoms with van der Waals surface area (Å²) in [4.78, 5) is 14.8. The van der Waals surface area contributed by atoms with E-state index in [0.717, 1.165) is 5.52 Å². The number of aromatic amines is 3. The molecule has 0 atom stereocenters. The predicted octanol–water partition coefficient (Wildman–Crippen LogP) is 2.04. The first-order valence-corrected chi connectivity index (χ1v) is 8.60. The Labute approximate surface area is 141 Å². The number of primary sulfonamides is 1. The van der Waals surface area contributed by atoms with Crippen molar-refractivity contribution in [2.75, 3.05) is 0 Å². The van der Waals surface area contributed by atoms with Crippen molar-refractivity contribution in [2.24, 2.45) is 15.4 Å². The molecule has 2 aromatic carbocycles. The second-order valence-electron chi connectivity index (χ2n) is 5.27. The number of sulfonamides is 1. The van der Waals surface area contributed by atoms with Gasteiger partial charge in [-0.1, -0.05) is 0 Å². The lowest BCUT2D eigenvalue weighted by atomic mass is 10.2. The monoisotopic (exact) mass is 359 g/mol. The van der Waals surface area contributed by atoms with Crippen LogP contribution in [0.2, 0.25) is 0 Å². The van der Waals surface area contributed by atoms with Crippen LogP contribution in [0, 0.1) is 0 Å². The molecule has 0 aliphatic carbocycles. The summed E-state index contributed by atoms with van der Waals surface area (Å²) >= 11 is 0. The number of nitrogens with zero attached hydrogens (tertiary/aromatic N) is 3. The van der Waals surface area contributed by atoms with Crippen LogP contribution in [0.5, 0.6) is 0 Å². The first-order chi connectivity index (χ1) is 11.9. The molecule has 4 rings (SSSR count). The van der Waals surface area contributed by atoms with E-state index in [2.05, 4.69) is 30.6 Å². The van der Waals surface area contributed by atoms with Gasteiger partial charge < -0.3 is 4.98 Å². The molecule has 0 bridgehead atoms. The Morgan fingerprint density at radius 2 is 1.76 bits per heavy atom. The summed E-state index contributed by atoms with van der Waals surface area (Å²) in [5.74, 6) is 0. The zero-order chi connectivity index (χ0) is 17.6. The molecule has 0 unspecified atom stereocenters. The Kier molecular flexibility index (Phi) is 3.26. The highest BCUT2D eigenvalue weighted by molar-refractivity contribution is 7.89. The number of nitrogens with two attached hydrogens (primary N) is 1. The third kappa shape index (κ3) is 2.60. The van der Waals surface area contributed by atoms with Gasteiger partial charge in [-0.3, -0.25) is 9.89 Å². The lowest BCUT2D eigenvalue weighted by Crippen LogP contribution is -2.11. The van der Waals surface area contributed by atoms with Crippen molar-refractivity contribution >= 4 is 43.3 Å². The van der Waals surface area contributed by atoms with Crippen LogP contribution in [0.1, 0.15) is 1.43 Å². The standard InChI is InChI=1S/C14H11N7O3S.H2/c15-25(23,24)8-3-1-7(2-4-8)17-19-13-11-9(16-14(13)22)5-6-10-12(11)20-21-18-10;/h1-6,18,21H,(H,16,22)(H2,15,23,24);1H. The van der Waals surface area contributed by atoms with Gasteiger partial charge >= 0.3 is 0 Å². The molecular weight excluding hydrogens is 346 g/mol. The maximum absolute atomic E-state index is 12.2. The Bertz CT molecular complexity index is 1290. The number of azo groups is 1. The van der Waals surface area contributed by atoms with Gasteiger partial charge in [0.05, 0.1) is 27.0 Å². The van der Waals surface area contributed by atoms with Crippen molar-refractivity contribution in [1.29, 1.82) is 0 Å². The Morgan fingerprint density at radius 1 is 1.04 bits per heavy atom. The summed E-state index contributed by atoms with van der Waals surface area (Å²) in [6.45, 7) is 0. The van der Waals surface area contributed by atoms with E-state index in [1.807, 2.05) is 0 Å². The largest absolute Gasteiger partial charge is 0.320 e. The van der Waals surface area contributed by atoms with E-state index in [-0.39, 0.29) is 12.0 Å². The summed E-state index contributed by atoms with van der Waals surface area (Å²) in [6.07, 6.45) is 0. The van der Waals surface area contributed by atoms with E-state index in [0.29, 0.717) is 22.1 Å². The van der Waals surface area contributed by atoms with Gasteiger partial charge in [0.25, 0.3) is 5.56 Å². The average molecular weight is 359 g/mol. The summed E-state index contributed by atoms with van der Waals surface area (Å²) in [5, 5.41) is 23.2. The number of hydrogen-bond donors (Lipinski definition) is 4. The highest BCUT2D eigenvalue weighted by Crippen LogP contribution is 2.29. The van der Waals surface area contributed by atoms with Gasteiger partial charge in [0.15, 0.2) is 5.69 Å². The van der Waals surface area contributed by atoms with Crippen molar-refractivity contribution in [3.8, 4) is 0 Å². The topological polar surface area (TPSA) is 162 Å². The minimum atomic E-state index is -3.77. The maximum atomic E-state index is 12.2. The van der Waals surface area contributed by atoms with Crippen molar-refractivity contribution in [3.63, 3.8) is 0 Å². The molecule has 2 heterocycles. The van der Waals surface area contributed by atoms with Crippen molar-refractivity contribution < 1.29 is 9.84 Å². The van der Waals surface area contributed by atoms with Crippen LogP contribution in [0.15, 0.2) is 56.3 Å². The first kappa shape index (κ1) is 15.2. The van der Waals surface area contributed by atoms with Gasteiger partial charge in [-0.15, -0.1) is 5.11 Å². The lowest BCUT2D eigenvalue weighted by molar-refractivity contribution is 0.598. The molecule has 10 nitrogen and oxygen atoms in total. The van der Waals surface area contributed by atoms with Gasteiger partial charge in [-0.05, 0) is 36.4 Å². The van der Waals surface area contributed by atoms with Gasteiger partial charge in [-0.25, -0.2) is 18.8 Å². The Balaban J connectivity index is 0.00000196. The van der Waals surface area contributed by atoms with Crippen LogP contribution >= 0.6 is 0 Å². The van der Waals surface area contributed by atoms with Crippen molar-refractivity contribution in [1.82, 2.24) is 20.4 Å². The summed E-state index contributed by atoms with van der Waals surface area (Å²) < 4.78 is 22.5. The second kappa shape index (κ2) is 5.36. The zero-order valence-corrected chi connectivity index (χ0v) is 13.3. The van der Waals surface area contributed by atoms with Crippen LogP contribution in [-0.2, 0) is 10.0 Å². The molecule has 0 aliphatic rings. The van der Waals surface area contributed by atoms with Crippen molar-refractivity contribution in [3.05, 3.63) is 46.8 Å². The highest BCUT2D eigenvalue weighted by Gasteiger charge is 2.14. The molecule has 0 saturated carbocycles. The molecule has 5 N–H and O–H groups in total. The van der Waals surface area contributed by atoms with E-state index in [4.69, 9.17) is 5.14 Å². The van der Waals surface area contributed by atoms with Crippen LogP contribution in [0.4, 0.5) is 11.4 Å². The summed E-state index contributed by atoms with van der Waals surface area (Å²) in [7, 11) is -3.77. The number of H-pyrrole nitrogens is 3. The molecule has 4 aromatic rings. The molecule has 0 radical (unpaired) electrons. The summed E-state index contributed by atoms with van der Waals surface area (Å²) in [6, 6.07) is 9.05. The first-order valence-electron chi connectivity index (χ1n) is 7.05. The fraction of sp³-hybridized carbons (Fsp3) is 0. The number of hydrogen-bond acceptors (Lipinski definition) is 6. The van der Waals surface area contributed by atoms with Gasteiger partial charge in [0, 0.05) is 1.43 Å². The number of aromatic nitrogens is 4. The Morgan fingerprint density at radius 3 is 2.48 bits per heavy atom. The normalized spacial score (nSPS) is 12.5. The van der Waals surface area contributed by atoms with E-state index >= 15 is 0 Å². The molecule has 2 aromatic heterocycles. The maximum Gasteiger partial charge on any atom is 0.276 e. The molecule has 0 amide bonds. The molecular formula is C14H13N7O3S. The van der Waals surface area contributed by atoms with E-state index in [9.17, 15) is 13.2 Å². The van der Waals surface area contributed by atoms with Crippen LogP contribution < -0.4 is 10.7 Å². The summed E-state index contributed by atoms with van der Waals surface area (Å²) in [5.41, 5.74) is 1.99. The molecule has 0 aliphatic heterocycles. The van der Waals surface area contributed by atoms with Crippen LogP contribution in [-0.4, -0.2) is 28.8 Å². The molecule has 11 heteroatoms. The number of fused-ring (bicyclic) bond motifs is 3. The third-order valence-corrected chi connectivity index (χ3v) is 4.60. The molecule has 0 spiro atoms. The number of benzene rings is 2. The van der Waals surface area contributed by atoms with Gasteiger partial charge in [-0.2, -0.15) is 10.2 Å². The van der Waals surface area contributed by atoms with E-state index in [1.54, 1.807) is 12.1 Å². The van der Waals surface area contributed by atoms with Gasteiger partial charge in [0.2, 0.25) is 10.0 Å². The predicted molar refractivity (Wildman–Crippen MR) is 92.7 cm³/mol. The second-order valence-corrected chi connectivity index (χ2v) is 6.84. The van der Waals surface area contributed by atoms with Crippen molar-refractivity contribution in [2.45, 2.75) is 4.90 Å². The Hall–Kier alpha value is -3.31. The fourth-order valence-electron chi connectivity index (χ4n) is 2.50. The molecule has 128 valence electrons. The molecule has 0 fully saturated rings. The number of rotatable bonds is 3. The SMILES string of the molecule is NS(=O)(=O)c1ccc(N=Nc2c(=O)[nH]c3ccc4[nH][nH]nc4c23)cc1.[HH]. The lowest BCUT2D eigenvalue weighted by Gasteiger charge is -1.97. The van der Waals surface area contributed by atoms with Crippen LogP contribution in [0.25, 0.3) is 21.9 Å². The smallest absolute Gasteiger partial charge is 0.276 e. The third-order valence-electron chi connectivity index (χ3n) is 3.67. The van der Waals surface area contributed by atoms with Crippen LogP contribution in [0.3, 0.4) is 0 Å². The fourth-order valence-corrected chi connectivity index (χ4v) is 3.01. The minimum Gasteiger partial charge on any atom is -0.320 e. The number of nitrogens with one attached hydrogen (secondary N) is 3. The quantitative estimate of drug-likeness (QED) is 0.412.